The van der Waals surface area contributed by atoms with Crippen LogP contribution in [-0.4, -0.2) is 34.0 Å². The van der Waals surface area contributed by atoms with Crippen LogP contribution in [0.15, 0.2) is 11.1 Å². The molecule has 2 heterocycles. The van der Waals surface area contributed by atoms with Gasteiger partial charge in [-0.1, -0.05) is 0 Å². The lowest BCUT2D eigenvalue weighted by Gasteiger charge is -2.05. The van der Waals surface area contributed by atoms with E-state index in [2.05, 4.69) is 28.3 Å². The van der Waals surface area contributed by atoms with Crippen LogP contribution in [0, 0.1) is 6.92 Å². The van der Waals surface area contributed by atoms with Crippen LogP contribution in [0.1, 0.15) is 11.8 Å². The van der Waals surface area contributed by atoms with Crippen molar-refractivity contribution in [1.82, 2.24) is 9.97 Å². The molecule has 0 aliphatic heterocycles. The molecule has 0 saturated heterocycles. The average Bonchev–Trinajstić information content (AvgIpc) is 2.67. The summed E-state index contributed by atoms with van der Waals surface area (Å²) in [5.41, 5.74) is 0. The molecule has 2 aromatic rings. The summed E-state index contributed by atoms with van der Waals surface area (Å²) in [6.45, 7) is 5.06. The van der Waals surface area contributed by atoms with Crippen molar-refractivity contribution in [1.29, 1.82) is 0 Å². The predicted molar refractivity (Wildman–Crippen MR) is 74.1 cm³/mol. The van der Waals surface area contributed by atoms with Crippen LogP contribution in [0.25, 0.3) is 10.2 Å². The molecule has 0 bridgehead atoms. The fourth-order valence-corrected chi connectivity index (χ4v) is 3.20. The number of aromatic nitrogens is 2. The highest BCUT2D eigenvalue weighted by atomic mass is 32.2. The molecule has 0 radical (unpaired) electrons. The van der Waals surface area contributed by atoms with Crippen LogP contribution in [0.4, 0.5) is 5.95 Å². The summed E-state index contributed by atoms with van der Waals surface area (Å²) in [6.07, 6.45) is 0. The van der Waals surface area contributed by atoms with Crippen molar-refractivity contribution in [3.63, 3.8) is 0 Å². The first-order valence-corrected chi connectivity index (χ1v) is 7.30. The van der Waals surface area contributed by atoms with Crippen LogP contribution in [0.2, 0.25) is 0 Å². The average molecular weight is 269 g/mol. The number of nitrogens with one attached hydrogen (secondary N) is 1. The fraction of sp³-hybridized carbons (Fsp3) is 0.455. The smallest absolute Gasteiger partial charge is 0.225 e. The number of anilines is 1. The van der Waals surface area contributed by atoms with Gasteiger partial charge in [0, 0.05) is 22.6 Å². The van der Waals surface area contributed by atoms with Gasteiger partial charge in [-0.15, -0.1) is 23.1 Å². The topological polar surface area (TPSA) is 58.0 Å². The highest BCUT2D eigenvalue weighted by Crippen LogP contribution is 2.31. The molecule has 0 saturated carbocycles. The second-order valence-electron chi connectivity index (χ2n) is 3.53. The fourth-order valence-electron chi connectivity index (χ4n) is 1.51. The Bertz CT molecular complexity index is 513. The number of thioether (sulfide) groups is 1. The van der Waals surface area contributed by atoms with Gasteiger partial charge < -0.3 is 10.4 Å². The van der Waals surface area contributed by atoms with Crippen molar-refractivity contribution in [2.24, 2.45) is 0 Å². The maximum absolute atomic E-state index is 8.90. The lowest BCUT2D eigenvalue weighted by Crippen LogP contribution is -2.02. The van der Waals surface area contributed by atoms with Crippen LogP contribution in [0.5, 0.6) is 0 Å². The van der Waals surface area contributed by atoms with E-state index in [-0.39, 0.29) is 6.61 Å². The molecule has 0 aromatic carbocycles. The second kappa shape index (κ2) is 5.66. The van der Waals surface area contributed by atoms with Crippen molar-refractivity contribution in [2.45, 2.75) is 18.9 Å². The van der Waals surface area contributed by atoms with E-state index in [1.165, 1.54) is 4.88 Å². The van der Waals surface area contributed by atoms with Gasteiger partial charge in [-0.25, -0.2) is 9.97 Å². The highest BCUT2D eigenvalue weighted by Gasteiger charge is 2.10. The third-order valence-electron chi connectivity index (χ3n) is 2.15. The summed E-state index contributed by atoms with van der Waals surface area (Å²) in [4.78, 5) is 11.2. The van der Waals surface area contributed by atoms with E-state index in [1.807, 2.05) is 6.92 Å². The van der Waals surface area contributed by atoms with E-state index in [0.717, 1.165) is 21.8 Å². The van der Waals surface area contributed by atoms with Gasteiger partial charge >= 0.3 is 0 Å². The molecular weight excluding hydrogens is 254 g/mol. The second-order valence-corrected chi connectivity index (χ2v) is 5.85. The van der Waals surface area contributed by atoms with Gasteiger partial charge in [0.25, 0.3) is 0 Å². The Morgan fingerprint density at radius 2 is 2.29 bits per heavy atom. The van der Waals surface area contributed by atoms with Gasteiger partial charge in [-0.3, -0.25) is 0 Å². The number of aryl methyl sites for hydroxylation is 1. The summed E-state index contributed by atoms with van der Waals surface area (Å²) in [6, 6.07) is 2.11. The van der Waals surface area contributed by atoms with Gasteiger partial charge in [0.2, 0.25) is 5.95 Å². The number of rotatable bonds is 5. The quantitative estimate of drug-likeness (QED) is 0.645. The normalized spacial score (nSPS) is 11.0. The van der Waals surface area contributed by atoms with Gasteiger partial charge in [0.15, 0.2) is 0 Å². The van der Waals surface area contributed by atoms with Gasteiger partial charge in [-0.05, 0) is 19.9 Å². The summed E-state index contributed by atoms with van der Waals surface area (Å²) in [5, 5.41) is 14.1. The Labute approximate surface area is 108 Å². The molecule has 2 N–H and O–H groups in total. The summed E-state index contributed by atoms with van der Waals surface area (Å²) >= 11 is 3.24. The molecule has 0 amide bonds. The zero-order valence-electron chi connectivity index (χ0n) is 9.86. The summed E-state index contributed by atoms with van der Waals surface area (Å²) in [7, 11) is 0. The predicted octanol–water partition coefficient (Wildman–Crippen LogP) is 2.52. The van der Waals surface area contributed by atoms with Crippen molar-refractivity contribution < 1.29 is 5.11 Å². The van der Waals surface area contributed by atoms with Crippen LogP contribution < -0.4 is 5.32 Å². The van der Waals surface area contributed by atoms with E-state index in [9.17, 15) is 0 Å². The Morgan fingerprint density at radius 1 is 1.47 bits per heavy atom. The maximum Gasteiger partial charge on any atom is 0.225 e. The Morgan fingerprint density at radius 3 is 3.00 bits per heavy atom. The first kappa shape index (κ1) is 12.6. The van der Waals surface area contributed by atoms with Crippen LogP contribution in [-0.2, 0) is 0 Å². The minimum absolute atomic E-state index is 0.163. The van der Waals surface area contributed by atoms with Crippen LogP contribution >= 0.6 is 23.1 Å². The summed E-state index contributed by atoms with van der Waals surface area (Å²) < 4.78 is 0. The van der Waals surface area contributed by atoms with Gasteiger partial charge in [-0.2, -0.15) is 0 Å². The lowest BCUT2D eigenvalue weighted by atomic mass is 10.4. The van der Waals surface area contributed by atoms with Crippen molar-refractivity contribution in [3.05, 3.63) is 10.9 Å². The molecule has 6 heteroatoms. The minimum atomic E-state index is 0.163. The molecule has 0 fully saturated rings. The zero-order valence-corrected chi connectivity index (χ0v) is 11.5. The molecule has 0 aliphatic rings. The largest absolute Gasteiger partial charge is 0.396 e. The minimum Gasteiger partial charge on any atom is -0.396 e. The molecule has 4 nitrogen and oxygen atoms in total. The molecule has 2 aromatic heterocycles. The number of aliphatic hydroxyl groups excluding tert-OH is 1. The number of hydrogen-bond donors (Lipinski definition) is 2. The number of hydrogen-bond acceptors (Lipinski definition) is 6. The van der Waals surface area contributed by atoms with Crippen LogP contribution in [0.3, 0.4) is 0 Å². The zero-order chi connectivity index (χ0) is 12.3. The van der Waals surface area contributed by atoms with Crippen molar-refractivity contribution >= 4 is 39.3 Å². The third kappa shape index (κ3) is 2.88. The van der Waals surface area contributed by atoms with Gasteiger partial charge in [0.05, 0.1) is 6.61 Å². The van der Waals surface area contributed by atoms with E-state index in [0.29, 0.717) is 11.7 Å². The molecule has 0 unspecified atom stereocenters. The third-order valence-corrected chi connectivity index (χ3v) is 4.06. The monoisotopic (exact) mass is 269 g/mol. The van der Waals surface area contributed by atoms with Gasteiger partial charge in [0.1, 0.15) is 9.86 Å². The molecule has 92 valence electrons. The molecule has 0 atom stereocenters. The molecule has 17 heavy (non-hydrogen) atoms. The number of thiophene rings is 1. The molecule has 2 rings (SSSR count). The first-order valence-electron chi connectivity index (χ1n) is 5.50. The van der Waals surface area contributed by atoms with E-state index in [1.54, 1.807) is 23.1 Å². The molecule has 0 aliphatic carbocycles. The number of aliphatic hydroxyl groups is 1. The molecule has 0 spiro atoms. The number of fused-ring (bicyclic) bond motifs is 1. The van der Waals surface area contributed by atoms with E-state index >= 15 is 0 Å². The SMILES string of the molecule is CCNc1nc(SCCO)c2cc(C)sc2n1. The van der Waals surface area contributed by atoms with Crippen molar-refractivity contribution in [3.8, 4) is 0 Å². The lowest BCUT2D eigenvalue weighted by molar-refractivity contribution is 0.322. The van der Waals surface area contributed by atoms with E-state index < -0.39 is 0 Å². The Balaban J connectivity index is 2.44. The maximum atomic E-state index is 8.90. The first-order chi connectivity index (χ1) is 8.24. The number of nitrogens with zero attached hydrogens (tertiary/aromatic N) is 2. The van der Waals surface area contributed by atoms with E-state index in [4.69, 9.17) is 5.11 Å². The summed E-state index contributed by atoms with van der Waals surface area (Å²) in [5.74, 6) is 1.33. The standard InChI is InChI=1S/C11H15N3OS2/c1-3-12-11-13-9(16-5-4-15)8-6-7(2)17-10(8)14-11/h6,15H,3-5H2,1-2H3,(H,12,13,14). The van der Waals surface area contributed by atoms with Crippen molar-refractivity contribution in [2.75, 3.05) is 24.2 Å². The Kier molecular flexibility index (Phi) is 4.20. The molecular formula is C11H15N3OS2. The highest BCUT2D eigenvalue weighted by molar-refractivity contribution is 7.99. The Hall–Kier alpha value is -0.850.